The summed E-state index contributed by atoms with van der Waals surface area (Å²) in [5.74, 6) is 0.404. The van der Waals surface area contributed by atoms with Crippen molar-refractivity contribution in [2.75, 3.05) is 5.73 Å². The molecule has 0 aliphatic heterocycles. The molecule has 0 atom stereocenters. The molecule has 0 saturated heterocycles. The number of nitrogen functional groups attached to an aromatic ring is 1. The van der Waals surface area contributed by atoms with E-state index >= 15 is 0 Å². The van der Waals surface area contributed by atoms with E-state index in [1.54, 1.807) is 24.5 Å². The van der Waals surface area contributed by atoms with Crippen LogP contribution in [0.5, 0.6) is 0 Å². The molecule has 0 aliphatic carbocycles. The number of aryl methyl sites for hydroxylation is 2. The number of anilines is 1. The minimum atomic E-state index is -3.80. The molecule has 24 heavy (non-hydrogen) atoms. The van der Waals surface area contributed by atoms with Crippen molar-refractivity contribution in [2.45, 2.75) is 18.7 Å². The van der Waals surface area contributed by atoms with Crippen molar-refractivity contribution in [3.8, 4) is 21.6 Å². The summed E-state index contributed by atoms with van der Waals surface area (Å²) in [4.78, 5) is 9.45. The van der Waals surface area contributed by atoms with Gasteiger partial charge in [0.15, 0.2) is 0 Å². The molecule has 0 saturated carbocycles. The molecule has 0 radical (unpaired) electrons. The molecule has 2 N–H and O–H groups in total. The fourth-order valence-corrected chi connectivity index (χ4v) is 3.95. The first kappa shape index (κ1) is 16.9. The van der Waals surface area contributed by atoms with E-state index in [2.05, 4.69) is 9.97 Å². The number of thiazole rings is 1. The van der Waals surface area contributed by atoms with Gasteiger partial charge in [0.2, 0.25) is 0 Å². The van der Waals surface area contributed by atoms with E-state index < -0.39 is 9.05 Å². The lowest BCUT2D eigenvalue weighted by atomic mass is 10.0. The zero-order valence-electron chi connectivity index (χ0n) is 12.9. The number of nitrogens with zero attached hydrogens (tertiary/aromatic N) is 2. The number of nitrogens with two attached hydrogens (primary N) is 1. The van der Waals surface area contributed by atoms with Crippen molar-refractivity contribution in [3.63, 3.8) is 0 Å². The second kappa shape index (κ2) is 6.16. The second-order valence-electron chi connectivity index (χ2n) is 5.31. The first-order valence-electron chi connectivity index (χ1n) is 7.00. The molecule has 0 amide bonds. The predicted octanol–water partition coefficient (Wildman–Crippen LogP) is 4.00. The average molecular weight is 380 g/mol. The molecule has 0 bridgehead atoms. The minimum absolute atomic E-state index is 0.0526. The third-order valence-electron chi connectivity index (χ3n) is 3.61. The van der Waals surface area contributed by atoms with Gasteiger partial charge in [0.1, 0.15) is 5.82 Å². The lowest BCUT2D eigenvalue weighted by Gasteiger charge is -2.10. The number of hydrogen-bond acceptors (Lipinski definition) is 6. The molecule has 5 nitrogen and oxygen atoms in total. The normalized spacial score (nSPS) is 11.6. The van der Waals surface area contributed by atoms with Gasteiger partial charge in [-0.05, 0) is 43.2 Å². The van der Waals surface area contributed by atoms with Gasteiger partial charge in [0.05, 0.1) is 14.8 Å². The van der Waals surface area contributed by atoms with Crippen LogP contribution in [0.1, 0.15) is 10.6 Å². The lowest BCUT2D eigenvalue weighted by molar-refractivity contribution is 0.609. The van der Waals surface area contributed by atoms with Crippen LogP contribution in [0.4, 0.5) is 5.82 Å². The first-order chi connectivity index (χ1) is 11.3. The van der Waals surface area contributed by atoms with Gasteiger partial charge in [-0.1, -0.05) is 6.07 Å². The van der Waals surface area contributed by atoms with Crippen molar-refractivity contribution in [1.82, 2.24) is 9.97 Å². The number of rotatable bonds is 3. The summed E-state index contributed by atoms with van der Waals surface area (Å²) >= 11 is 1.52. The molecule has 8 heteroatoms. The van der Waals surface area contributed by atoms with Gasteiger partial charge in [-0.25, -0.2) is 18.4 Å². The van der Waals surface area contributed by atoms with E-state index in [4.69, 9.17) is 16.4 Å². The maximum Gasteiger partial charge on any atom is 0.261 e. The first-order valence-corrected chi connectivity index (χ1v) is 10.1. The van der Waals surface area contributed by atoms with Gasteiger partial charge in [0, 0.05) is 34.2 Å². The smallest absolute Gasteiger partial charge is 0.261 e. The number of halogens is 1. The Labute approximate surface area is 148 Å². The summed E-state index contributed by atoms with van der Waals surface area (Å²) in [7, 11) is 1.66. The summed E-state index contributed by atoms with van der Waals surface area (Å²) in [5, 5.41) is 0.932. The van der Waals surface area contributed by atoms with E-state index in [1.807, 2.05) is 19.9 Å². The van der Waals surface area contributed by atoms with Crippen molar-refractivity contribution in [1.29, 1.82) is 0 Å². The molecule has 2 heterocycles. The maximum absolute atomic E-state index is 11.6. The van der Waals surface area contributed by atoms with Gasteiger partial charge >= 0.3 is 0 Å². The highest BCUT2D eigenvalue weighted by Crippen LogP contribution is 2.34. The molecular formula is C16H14ClN3O2S2. The molecule has 0 fully saturated rings. The quantitative estimate of drug-likeness (QED) is 0.695. The molecule has 0 unspecified atom stereocenters. The lowest BCUT2D eigenvalue weighted by Crippen LogP contribution is -1.96. The van der Waals surface area contributed by atoms with Gasteiger partial charge in [-0.2, -0.15) is 0 Å². The average Bonchev–Trinajstić information content (AvgIpc) is 2.93. The van der Waals surface area contributed by atoms with E-state index in [-0.39, 0.29) is 4.90 Å². The van der Waals surface area contributed by atoms with Crippen molar-refractivity contribution >= 4 is 36.9 Å². The second-order valence-corrected chi connectivity index (χ2v) is 9.12. The molecule has 3 aromatic rings. The molecule has 0 aliphatic rings. The van der Waals surface area contributed by atoms with Crippen LogP contribution in [-0.2, 0) is 9.05 Å². The Morgan fingerprint density at radius 3 is 2.46 bits per heavy atom. The van der Waals surface area contributed by atoms with Crippen LogP contribution >= 0.6 is 22.0 Å². The highest BCUT2D eigenvalue weighted by atomic mass is 35.7. The third-order valence-corrected chi connectivity index (χ3v) is 5.90. The summed E-state index contributed by atoms with van der Waals surface area (Å²) in [5.41, 5.74) is 9.20. The molecule has 2 aromatic heterocycles. The summed E-state index contributed by atoms with van der Waals surface area (Å²) < 4.78 is 23.2. The zero-order chi connectivity index (χ0) is 17.5. The van der Waals surface area contributed by atoms with Crippen LogP contribution < -0.4 is 5.73 Å². The zero-order valence-corrected chi connectivity index (χ0v) is 15.3. The highest BCUT2D eigenvalue weighted by molar-refractivity contribution is 8.13. The van der Waals surface area contributed by atoms with Crippen LogP contribution in [0.3, 0.4) is 0 Å². The number of benzene rings is 1. The Bertz CT molecular complexity index is 1030. The Kier molecular flexibility index (Phi) is 4.33. The number of pyridine rings is 1. The van der Waals surface area contributed by atoms with E-state index in [9.17, 15) is 8.42 Å². The number of aromatic nitrogens is 2. The van der Waals surface area contributed by atoms with Crippen molar-refractivity contribution in [3.05, 3.63) is 47.2 Å². The standard InChI is InChI=1S/C16H14ClN3O2S2/c1-9-3-4-12(24(17,21)22)6-13(9)11-5-14(16(18)20-7-11)15-8-19-10(2)23-15/h3-8H,1-2H3,(H2,18,20). The Hall–Kier alpha value is -1.96. The molecular weight excluding hydrogens is 366 g/mol. The Balaban J connectivity index is 2.17. The minimum Gasteiger partial charge on any atom is -0.383 e. The maximum atomic E-state index is 11.6. The van der Waals surface area contributed by atoms with Crippen LogP contribution in [0.25, 0.3) is 21.6 Å². The van der Waals surface area contributed by atoms with E-state index in [0.29, 0.717) is 5.82 Å². The predicted molar refractivity (Wildman–Crippen MR) is 97.7 cm³/mol. The van der Waals surface area contributed by atoms with Crippen LogP contribution in [0.2, 0.25) is 0 Å². The Morgan fingerprint density at radius 2 is 1.83 bits per heavy atom. The third kappa shape index (κ3) is 3.28. The van der Waals surface area contributed by atoms with Crippen molar-refractivity contribution < 1.29 is 8.42 Å². The van der Waals surface area contributed by atoms with Gasteiger partial charge in [-0.15, -0.1) is 11.3 Å². The van der Waals surface area contributed by atoms with Gasteiger partial charge in [-0.3, -0.25) is 0 Å². The van der Waals surface area contributed by atoms with E-state index in [1.165, 1.54) is 17.4 Å². The molecule has 0 spiro atoms. The molecule has 124 valence electrons. The monoisotopic (exact) mass is 379 g/mol. The van der Waals surface area contributed by atoms with Crippen LogP contribution in [0, 0.1) is 13.8 Å². The van der Waals surface area contributed by atoms with Crippen molar-refractivity contribution in [2.24, 2.45) is 0 Å². The van der Waals surface area contributed by atoms with Crippen LogP contribution in [-0.4, -0.2) is 18.4 Å². The largest absolute Gasteiger partial charge is 0.383 e. The molecule has 3 rings (SSSR count). The highest BCUT2D eigenvalue weighted by Gasteiger charge is 2.15. The fraction of sp³-hybridized carbons (Fsp3) is 0.125. The Morgan fingerprint density at radius 1 is 1.08 bits per heavy atom. The summed E-state index contributed by atoms with van der Waals surface area (Å²) in [6.45, 7) is 3.81. The summed E-state index contributed by atoms with van der Waals surface area (Å²) in [6.07, 6.45) is 3.38. The number of hydrogen-bond donors (Lipinski definition) is 1. The SMILES string of the molecule is Cc1ncc(-c2cc(-c3cc(S(=O)(=O)Cl)ccc3C)cnc2N)s1. The fourth-order valence-electron chi connectivity index (χ4n) is 2.37. The van der Waals surface area contributed by atoms with Gasteiger partial charge in [0.25, 0.3) is 9.05 Å². The van der Waals surface area contributed by atoms with Crippen LogP contribution in [0.15, 0.2) is 41.6 Å². The molecule has 1 aromatic carbocycles. The van der Waals surface area contributed by atoms with Gasteiger partial charge < -0.3 is 5.73 Å². The summed E-state index contributed by atoms with van der Waals surface area (Å²) in [6, 6.07) is 6.64. The van der Waals surface area contributed by atoms with E-state index in [0.717, 1.165) is 32.1 Å². The topological polar surface area (TPSA) is 85.9 Å².